The van der Waals surface area contributed by atoms with Crippen LogP contribution in [0.3, 0.4) is 0 Å². The lowest BCUT2D eigenvalue weighted by Gasteiger charge is -2.31. The third-order valence-electron chi connectivity index (χ3n) is 5.17. The average Bonchev–Trinajstić information content (AvgIpc) is 3.19. The molecular formula is C18H27N3O5S. The number of likely N-dealkylation sites (tertiary alicyclic amines) is 1. The van der Waals surface area contributed by atoms with Gasteiger partial charge in [0.05, 0.1) is 12.5 Å². The molecule has 2 aliphatic rings. The monoisotopic (exact) mass is 397 g/mol. The molecule has 27 heavy (non-hydrogen) atoms. The molecule has 150 valence electrons. The standard InChI is InChI=1S/C18H27N3O5S/c1-2-26-18(23)14-7-6-8-20(13-14)17(22)16-11-15(12-19-16)27(24,25)21-9-4-3-5-10-21/h11-12,14,19H,2-10,13H2,1H3/t14-/m1/s1. The molecule has 1 amide bonds. The third kappa shape index (κ3) is 4.35. The number of hydrogen-bond acceptors (Lipinski definition) is 5. The summed E-state index contributed by atoms with van der Waals surface area (Å²) in [6.07, 6.45) is 5.55. The van der Waals surface area contributed by atoms with Gasteiger partial charge in [0.25, 0.3) is 5.91 Å². The first-order chi connectivity index (χ1) is 12.9. The topological polar surface area (TPSA) is 99.8 Å². The highest BCUT2D eigenvalue weighted by Crippen LogP contribution is 2.23. The van der Waals surface area contributed by atoms with E-state index in [4.69, 9.17) is 4.74 Å². The molecular weight excluding hydrogens is 370 g/mol. The summed E-state index contributed by atoms with van der Waals surface area (Å²) < 4.78 is 32.0. The molecule has 8 nitrogen and oxygen atoms in total. The number of aromatic amines is 1. The van der Waals surface area contributed by atoms with E-state index in [1.54, 1.807) is 11.8 Å². The van der Waals surface area contributed by atoms with Gasteiger partial charge < -0.3 is 14.6 Å². The zero-order valence-electron chi connectivity index (χ0n) is 15.6. The second kappa shape index (κ2) is 8.43. The average molecular weight is 397 g/mol. The fraction of sp³-hybridized carbons (Fsp3) is 0.667. The Labute approximate surface area is 159 Å². The van der Waals surface area contributed by atoms with E-state index in [0.29, 0.717) is 39.2 Å². The van der Waals surface area contributed by atoms with E-state index >= 15 is 0 Å². The molecule has 9 heteroatoms. The van der Waals surface area contributed by atoms with Gasteiger partial charge in [0.2, 0.25) is 10.0 Å². The van der Waals surface area contributed by atoms with Crippen LogP contribution >= 0.6 is 0 Å². The first-order valence-electron chi connectivity index (χ1n) is 9.58. The molecule has 3 heterocycles. The number of carbonyl (C=O) groups is 2. The van der Waals surface area contributed by atoms with Crippen molar-refractivity contribution in [1.29, 1.82) is 0 Å². The summed E-state index contributed by atoms with van der Waals surface area (Å²) in [6, 6.07) is 1.40. The van der Waals surface area contributed by atoms with E-state index in [-0.39, 0.29) is 28.4 Å². The van der Waals surface area contributed by atoms with Crippen molar-refractivity contribution >= 4 is 21.9 Å². The number of piperidine rings is 2. The molecule has 0 unspecified atom stereocenters. The number of amides is 1. The minimum Gasteiger partial charge on any atom is -0.466 e. The number of carbonyl (C=O) groups excluding carboxylic acids is 2. The molecule has 2 aliphatic heterocycles. The maximum absolute atomic E-state index is 12.8. The number of ether oxygens (including phenoxy) is 1. The lowest BCUT2D eigenvalue weighted by atomic mass is 9.98. The highest BCUT2D eigenvalue weighted by Gasteiger charge is 2.32. The fourth-order valence-electron chi connectivity index (χ4n) is 3.69. The Bertz CT molecular complexity index is 783. The van der Waals surface area contributed by atoms with Gasteiger partial charge in [-0.3, -0.25) is 9.59 Å². The molecule has 0 radical (unpaired) electrons. The van der Waals surface area contributed by atoms with Crippen molar-refractivity contribution in [3.63, 3.8) is 0 Å². The largest absolute Gasteiger partial charge is 0.466 e. The Morgan fingerprint density at radius 2 is 1.93 bits per heavy atom. The van der Waals surface area contributed by atoms with Crippen molar-refractivity contribution in [3.8, 4) is 0 Å². The number of nitrogens with zero attached hydrogens (tertiary/aromatic N) is 2. The van der Waals surface area contributed by atoms with Crippen LogP contribution in [0.25, 0.3) is 0 Å². The fourth-order valence-corrected chi connectivity index (χ4v) is 5.20. The Kier molecular flexibility index (Phi) is 6.21. The molecule has 0 bridgehead atoms. The van der Waals surface area contributed by atoms with Gasteiger partial charge in [-0.25, -0.2) is 8.42 Å². The molecule has 1 atom stereocenters. The van der Waals surface area contributed by atoms with Crippen LogP contribution in [0.4, 0.5) is 0 Å². The first-order valence-corrected chi connectivity index (χ1v) is 11.0. The summed E-state index contributed by atoms with van der Waals surface area (Å²) >= 11 is 0. The van der Waals surface area contributed by atoms with E-state index in [9.17, 15) is 18.0 Å². The van der Waals surface area contributed by atoms with Crippen LogP contribution in [0, 0.1) is 5.92 Å². The van der Waals surface area contributed by atoms with E-state index in [2.05, 4.69) is 4.98 Å². The molecule has 3 rings (SSSR count). The zero-order valence-corrected chi connectivity index (χ0v) is 16.5. The Balaban J connectivity index is 1.70. The number of aromatic nitrogens is 1. The molecule has 1 aromatic heterocycles. The van der Waals surface area contributed by atoms with E-state index in [0.717, 1.165) is 25.7 Å². The summed E-state index contributed by atoms with van der Waals surface area (Å²) in [4.78, 5) is 29.2. The number of hydrogen-bond donors (Lipinski definition) is 1. The van der Waals surface area contributed by atoms with Crippen LogP contribution in [0.2, 0.25) is 0 Å². The second-order valence-corrected chi connectivity index (χ2v) is 8.99. The third-order valence-corrected chi connectivity index (χ3v) is 7.04. The van der Waals surface area contributed by atoms with Crippen molar-refractivity contribution in [2.75, 3.05) is 32.8 Å². The van der Waals surface area contributed by atoms with Crippen molar-refractivity contribution in [3.05, 3.63) is 18.0 Å². The number of sulfonamides is 1. The van der Waals surface area contributed by atoms with Crippen LogP contribution < -0.4 is 0 Å². The van der Waals surface area contributed by atoms with Crippen LogP contribution in [0.1, 0.15) is 49.5 Å². The summed E-state index contributed by atoms with van der Waals surface area (Å²) in [5, 5.41) is 0. The quantitative estimate of drug-likeness (QED) is 0.761. The molecule has 0 aromatic carbocycles. The molecule has 2 saturated heterocycles. The van der Waals surface area contributed by atoms with Crippen LogP contribution in [0.5, 0.6) is 0 Å². The summed E-state index contributed by atoms with van der Waals surface area (Å²) in [6.45, 7) is 3.95. The minimum atomic E-state index is -3.58. The lowest BCUT2D eigenvalue weighted by molar-refractivity contribution is -0.149. The Morgan fingerprint density at radius 3 is 2.63 bits per heavy atom. The molecule has 0 spiro atoms. The van der Waals surface area contributed by atoms with Crippen molar-refractivity contribution in [1.82, 2.24) is 14.2 Å². The number of rotatable bonds is 5. The predicted molar refractivity (Wildman–Crippen MR) is 98.7 cm³/mol. The van der Waals surface area contributed by atoms with Gasteiger partial charge in [-0.05, 0) is 38.7 Å². The van der Waals surface area contributed by atoms with Gasteiger partial charge in [0, 0.05) is 32.4 Å². The van der Waals surface area contributed by atoms with Gasteiger partial charge in [0.1, 0.15) is 10.6 Å². The number of H-pyrrole nitrogens is 1. The van der Waals surface area contributed by atoms with Crippen LogP contribution in [0.15, 0.2) is 17.2 Å². The normalized spacial score (nSPS) is 21.8. The molecule has 1 N–H and O–H groups in total. The highest BCUT2D eigenvalue weighted by atomic mass is 32.2. The van der Waals surface area contributed by atoms with Crippen molar-refractivity contribution < 1.29 is 22.7 Å². The molecule has 1 aromatic rings. The Hall–Kier alpha value is -1.87. The van der Waals surface area contributed by atoms with Crippen LogP contribution in [-0.4, -0.2) is 67.3 Å². The zero-order chi connectivity index (χ0) is 19.4. The predicted octanol–water partition coefficient (Wildman–Crippen LogP) is 1.60. The summed E-state index contributed by atoms with van der Waals surface area (Å²) in [5.74, 6) is -0.895. The summed E-state index contributed by atoms with van der Waals surface area (Å²) in [7, 11) is -3.58. The highest BCUT2D eigenvalue weighted by molar-refractivity contribution is 7.89. The molecule has 0 aliphatic carbocycles. The maximum Gasteiger partial charge on any atom is 0.310 e. The maximum atomic E-state index is 12.8. The van der Waals surface area contributed by atoms with E-state index in [1.165, 1.54) is 16.6 Å². The van der Waals surface area contributed by atoms with E-state index in [1.807, 2.05) is 0 Å². The number of nitrogens with one attached hydrogen (secondary N) is 1. The van der Waals surface area contributed by atoms with Gasteiger partial charge in [-0.15, -0.1) is 0 Å². The van der Waals surface area contributed by atoms with Crippen molar-refractivity contribution in [2.24, 2.45) is 5.92 Å². The SMILES string of the molecule is CCOC(=O)[C@@H]1CCCN(C(=O)c2cc(S(=O)(=O)N3CCCCC3)c[nH]2)C1. The molecule has 0 saturated carbocycles. The molecule has 2 fully saturated rings. The second-order valence-electron chi connectivity index (χ2n) is 7.06. The smallest absolute Gasteiger partial charge is 0.310 e. The van der Waals surface area contributed by atoms with Gasteiger partial charge in [-0.1, -0.05) is 6.42 Å². The van der Waals surface area contributed by atoms with Gasteiger partial charge in [0.15, 0.2) is 0 Å². The van der Waals surface area contributed by atoms with Gasteiger partial charge >= 0.3 is 5.97 Å². The Morgan fingerprint density at radius 1 is 1.19 bits per heavy atom. The van der Waals surface area contributed by atoms with Gasteiger partial charge in [-0.2, -0.15) is 4.31 Å². The summed E-state index contributed by atoms with van der Waals surface area (Å²) in [5.41, 5.74) is 0.232. The minimum absolute atomic E-state index is 0.117. The first kappa shape index (κ1) is 19.9. The lowest BCUT2D eigenvalue weighted by Crippen LogP contribution is -2.43. The van der Waals surface area contributed by atoms with Crippen molar-refractivity contribution in [2.45, 2.75) is 43.9 Å². The van der Waals surface area contributed by atoms with Crippen LogP contribution in [-0.2, 0) is 19.6 Å². The van der Waals surface area contributed by atoms with E-state index < -0.39 is 10.0 Å². The number of esters is 1.